The number of pyridine rings is 1. The minimum absolute atomic E-state index is 0. The molecule has 2 aromatic heterocycles. The van der Waals surface area contributed by atoms with Crippen molar-refractivity contribution >= 4 is 42.1 Å². The molecule has 0 saturated carbocycles. The Kier molecular flexibility index (Phi) is 9.31. The summed E-state index contributed by atoms with van der Waals surface area (Å²) in [6, 6.07) is 3.76. The number of thiazole rings is 1. The smallest absolute Gasteiger partial charge is 0.263 e. The number of nitrogens with two attached hydrogens (primary N) is 1. The molecule has 0 unspecified atom stereocenters. The Labute approximate surface area is 152 Å². The largest absolute Gasteiger partial charge is 0.345 e. The van der Waals surface area contributed by atoms with Gasteiger partial charge in [-0.3, -0.25) is 9.78 Å². The molecule has 5 nitrogen and oxygen atoms in total. The van der Waals surface area contributed by atoms with Crippen LogP contribution in [0.5, 0.6) is 0 Å². The van der Waals surface area contributed by atoms with Gasteiger partial charge in [0.15, 0.2) is 0 Å². The number of carbonyl (C=O) groups is 1. The van der Waals surface area contributed by atoms with Gasteiger partial charge >= 0.3 is 0 Å². The Morgan fingerprint density at radius 2 is 1.87 bits per heavy atom. The molecule has 0 saturated heterocycles. The fourth-order valence-electron chi connectivity index (χ4n) is 2.08. The normalized spacial score (nSPS) is 10.4. The highest BCUT2D eigenvalue weighted by Gasteiger charge is 2.27. The number of hydrogen-bond acceptors (Lipinski definition) is 5. The number of hydrogen-bond donors (Lipinski definition) is 2. The molecule has 8 heteroatoms. The molecule has 0 spiro atoms. The molecule has 23 heavy (non-hydrogen) atoms. The van der Waals surface area contributed by atoms with E-state index in [0.29, 0.717) is 11.4 Å². The Balaban J connectivity index is 0.00000242. The second kappa shape index (κ2) is 9.82. The van der Waals surface area contributed by atoms with Gasteiger partial charge in [-0.15, -0.1) is 36.2 Å². The fraction of sp³-hybridized carbons (Fsp3) is 0.400. The van der Waals surface area contributed by atoms with Crippen molar-refractivity contribution < 1.29 is 4.79 Å². The van der Waals surface area contributed by atoms with Crippen LogP contribution in [0, 0.1) is 0 Å². The first-order chi connectivity index (χ1) is 10.1. The molecule has 0 aliphatic carbocycles. The van der Waals surface area contributed by atoms with Crippen LogP contribution in [-0.4, -0.2) is 28.0 Å². The zero-order chi connectivity index (χ0) is 15.3. The summed E-state index contributed by atoms with van der Waals surface area (Å²) < 4.78 is 0. The predicted molar refractivity (Wildman–Crippen MR) is 99.7 cm³/mol. The van der Waals surface area contributed by atoms with Gasteiger partial charge in [-0.05, 0) is 25.0 Å². The van der Waals surface area contributed by atoms with Crippen LogP contribution >= 0.6 is 36.2 Å². The maximum atomic E-state index is 12.4. The summed E-state index contributed by atoms with van der Waals surface area (Å²) >= 11 is 1.37. The Morgan fingerprint density at radius 1 is 1.26 bits per heavy atom. The molecule has 128 valence electrons. The van der Waals surface area contributed by atoms with Crippen LogP contribution in [0.3, 0.4) is 0 Å². The number of aromatic nitrogens is 2. The highest BCUT2D eigenvalue weighted by Crippen LogP contribution is 2.25. The second-order valence-corrected chi connectivity index (χ2v) is 5.94. The van der Waals surface area contributed by atoms with Crippen molar-refractivity contribution in [3.05, 3.63) is 35.6 Å². The standard InChI is InChI=1S/C15H20N4OS.2ClH/c1-3-15(4-2,10-16)19-13(20)12-9-18-14(21-12)11-5-7-17-8-6-11;;/h5-9H,3-4,10,16H2,1-2H3,(H,19,20);2*1H. The van der Waals surface area contributed by atoms with Crippen LogP contribution in [0.1, 0.15) is 36.4 Å². The van der Waals surface area contributed by atoms with Gasteiger partial charge in [0, 0.05) is 24.5 Å². The maximum Gasteiger partial charge on any atom is 0.263 e. The molecule has 0 aromatic carbocycles. The average Bonchev–Trinajstić information content (AvgIpc) is 3.04. The van der Waals surface area contributed by atoms with E-state index in [1.54, 1.807) is 18.6 Å². The molecular formula is C15H22Cl2N4OS. The van der Waals surface area contributed by atoms with Crippen LogP contribution in [0.4, 0.5) is 0 Å². The van der Waals surface area contributed by atoms with Crippen LogP contribution in [-0.2, 0) is 0 Å². The lowest BCUT2D eigenvalue weighted by molar-refractivity contribution is 0.0899. The van der Waals surface area contributed by atoms with Crippen molar-refractivity contribution in [3.63, 3.8) is 0 Å². The van der Waals surface area contributed by atoms with Gasteiger partial charge in [0.2, 0.25) is 0 Å². The summed E-state index contributed by atoms with van der Waals surface area (Å²) in [5, 5.41) is 3.87. The highest BCUT2D eigenvalue weighted by atomic mass is 35.5. The molecule has 0 aliphatic rings. The molecule has 1 amide bonds. The summed E-state index contributed by atoms with van der Waals surface area (Å²) in [7, 11) is 0. The summed E-state index contributed by atoms with van der Waals surface area (Å²) in [5.41, 5.74) is 6.45. The summed E-state index contributed by atoms with van der Waals surface area (Å²) in [4.78, 5) is 21.3. The SMILES string of the molecule is CCC(CC)(CN)NC(=O)c1cnc(-c2ccncc2)s1.Cl.Cl. The van der Waals surface area contributed by atoms with Gasteiger partial charge in [-0.2, -0.15) is 0 Å². The van der Waals surface area contributed by atoms with Crippen molar-refractivity contribution in [1.82, 2.24) is 15.3 Å². The quantitative estimate of drug-likeness (QED) is 0.810. The highest BCUT2D eigenvalue weighted by molar-refractivity contribution is 7.16. The van der Waals surface area contributed by atoms with Crippen molar-refractivity contribution in [1.29, 1.82) is 0 Å². The van der Waals surface area contributed by atoms with Crippen molar-refractivity contribution in [2.24, 2.45) is 5.73 Å². The van der Waals surface area contributed by atoms with E-state index in [9.17, 15) is 4.79 Å². The zero-order valence-corrected chi connectivity index (χ0v) is 15.6. The monoisotopic (exact) mass is 376 g/mol. The predicted octanol–water partition coefficient (Wildman–Crippen LogP) is 3.30. The Hall–Kier alpha value is -1.21. The van der Waals surface area contributed by atoms with Crippen molar-refractivity contribution in [2.45, 2.75) is 32.2 Å². The molecule has 0 atom stereocenters. The fourth-order valence-corrected chi connectivity index (χ4v) is 2.89. The Morgan fingerprint density at radius 3 is 2.39 bits per heavy atom. The van der Waals surface area contributed by atoms with E-state index in [1.165, 1.54) is 11.3 Å². The van der Waals surface area contributed by atoms with Gasteiger partial charge in [0.1, 0.15) is 9.88 Å². The van der Waals surface area contributed by atoms with E-state index < -0.39 is 0 Å². The first-order valence-corrected chi connectivity index (χ1v) is 7.84. The molecule has 0 radical (unpaired) electrons. The number of carbonyl (C=O) groups excluding carboxylic acids is 1. The third kappa shape index (κ3) is 5.14. The van der Waals surface area contributed by atoms with Gasteiger partial charge in [-0.25, -0.2) is 4.98 Å². The van der Waals surface area contributed by atoms with Crippen LogP contribution in [0.15, 0.2) is 30.7 Å². The molecule has 3 N–H and O–H groups in total. The van der Waals surface area contributed by atoms with Gasteiger partial charge in [0.05, 0.1) is 11.7 Å². The van der Waals surface area contributed by atoms with Crippen LogP contribution in [0.2, 0.25) is 0 Å². The lowest BCUT2D eigenvalue weighted by Crippen LogP contribution is -2.52. The van der Waals surface area contributed by atoms with Crippen LogP contribution < -0.4 is 11.1 Å². The number of halogens is 2. The molecular weight excluding hydrogens is 355 g/mol. The van der Waals surface area contributed by atoms with E-state index in [4.69, 9.17) is 5.73 Å². The topological polar surface area (TPSA) is 80.9 Å². The summed E-state index contributed by atoms with van der Waals surface area (Å²) in [5.74, 6) is -0.109. The molecule has 2 rings (SSSR count). The first-order valence-electron chi connectivity index (χ1n) is 7.03. The lowest BCUT2D eigenvalue weighted by Gasteiger charge is -2.31. The number of amides is 1. The molecule has 0 bridgehead atoms. The third-order valence-corrected chi connectivity index (χ3v) is 4.82. The number of rotatable bonds is 6. The summed E-state index contributed by atoms with van der Waals surface area (Å²) in [6.45, 7) is 4.50. The van der Waals surface area contributed by atoms with E-state index >= 15 is 0 Å². The van der Waals surface area contributed by atoms with Crippen LogP contribution in [0.25, 0.3) is 10.6 Å². The van der Waals surface area contributed by atoms with E-state index in [0.717, 1.165) is 23.4 Å². The molecule has 0 aliphatic heterocycles. The van der Waals surface area contributed by atoms with Crippen molar-refractivity contribution in [3.8, 4) is 10.6 Å². The van der Waals surface area contributed by atoms with Gasteiger partial charge in [-0.1, -0.05) is 13.8 Å². The van der Waals surface area contributed by atoms with Crippen molar-refractivity contribution in [2.75, 3.05) is 6.54 Å². The number of nitrogens with one attached hydrogen (secondary N) is 1. The van der Waals surface area contributed by atoms with Gasteiger partial charge < -0.3 is 11.1 Å². The number of nitrogens with zero attached hydrogens (tertiary/aromatic N) is 2. The van der Waals surface area contributed by atoms with E-state index in [1.807, 2.05) is 26.0 Å². The second-order valence-electron chi connectivity index (χ2n) is 4.91. The Bertz CT molecular complexity index is 594. The zero-order valence-electron chi connectivity index (χ0n) is 13.1. The lowest BCUT2D eigenvalue weighted by atomic mass is 9.93. The average molecular weight is 377 g/mol. The third-order valence-electron chi connectivity index (χ3n) is 3.78. The molecule has 2 aromatic rings. The molecule has 2 heterocycles. The van der Waals surface area contributed by atoms with Gasteiger partial charge in [0.25, 0.3) is 5.91 Å². The summed E-state index contributed by atoms with van der Waals surface area (Å²) in [6.07, 6.45) is 6.65. The van der Waals surface area contributed by atoms with E-state index in [2.05, 4.69) is 15.3 Å². The minimum Gasteiger partial charge on any atom is -0.345 e. The first kappa shape index (κ1) is 21.8. The maximum absolute atomic E-state index is 12.4. The minimum atomic E-state index is -0.335. The van der Waals surface area contributed by atoms with E-state index in [-0.39, 0.29) is 36.3 Å². The molecule has 0 fully saturated rings.